The number of imidazole rings is 1. The molecule has 1 aliphatic heterocycles. The summed E-state index contributed by atoms with van der Waals surface area (Å²) < 4.78 is 0. The molecule has 1 fully saturated rings. The molecule has 156 valence electrons. The molecular weight excluding hydrogens is 378 g/mol. The highest BCUT2D eigenvalue weighted by atomic mass is 16.2. The number of piperidine rings is 1. The molecule has 1 aliphatic rings. The first-order valence-corrected chi connectivity index (χ1v) is 10.3. The van der Waals surface area contributed by atoms with Crippen LogP contribution in [0.3, 0.4) is 0 Å². The van der Waals surface area contributed by atoms with Crippen molar-refractivity contribution >= 4 is 28.7 Å². The SMILES string of the molecule is Cc1ccc(C(=O)N(C)C)cc1NC(=O)N1CCCC(c2nc3ccccc3[nH]2)C1. The van der Waals surface area contributed by atoms with Crippen molar-refractivity contribution in [1.82, 2.24) is 19.8 Å². The molecule has 1 unspecified atom stereocenters. The molecular formula is C23H27N5O2. The summed E-state index contributed by atoms with van der Waals surface area (Å²) in [6.45, 7) is 3.24. The lowest BCUT2D eigenvalue weighted by atomic mass is 9.97. The number of aryl methyl sites for hydroxylation is 1. The number of H-pyrrole nitrogens is 1. The number of carbonyl (C=O) groups is 2. The molecule has 1 aromatic heterocycles. The molecule has 1 saturated heterocycles. The molecule has 0 spiro atoms. The van der Waals surface area contributed by atoms with E-state index < -0.39 is 0 Å². The van der Waals surface area contributed by atoms with E-state index in [9.17, 15) is 9.59 Å². The van der Waals surface area contributed by atoms with Gasteiger partial charge in [-0.2, -0.15) is 0 Å². The number of aromatic amines is 1. The Kier molecular flexibility index (Phi) is 5.44. The number of para-hydroxylation sites is 2. The van der Waals surface area contributed by atoms with Crippen molar-refractivity contribution in [3.63, 3.8) is 0 Å². The van der Waals surface area contributed by atoms with Crippen LogP contribution >= 0.6 is 0 Å². The van der Waals surface area contributed by atoms with Crippen LogP contribution in [0.1, 0.15) is 40.5 Å². The van der Waals surface area contributed by atoms with Gasteiger partial charge in [-0.25, -0.2) is 9.78 Å². The predicted molar refractivity (Wildman–Crippen MR) is 118 cm³/mol. The van der Waals surface area contributed by atoms with Crippen molar-refractivity contribution in [3.8, 4) is 0 Å². The number of likely N-dealkylation sites (tertiary alicyclic amines) is 1. The van der Waals surface area contributed by atoms with Gasteiger partial charge < -0.3 is 20.1 Å². The summed E-state index contributed by atoms with van der Waals surface area (Å²) in [5.41, 5.74) is 4.11. The number of benzene rings is 2. The molecule has 0 aliphatic carbocycles. The van der Waals surface area contributed by atoms with E-state index in [1.807, 2.05) is 42.2 Å². The maximum absolute atomic E-state index is 13.0. The number of amides is 3. The number of nitrogens with one attached hydrogen (secondary N) is 2. The number of anilines is 1. The lowest BCUT2D eigenvalue weighted by molar-refractivity contribution is 0.0827. The zero-order chi connectivity index (χ0) is 21.3. The van der Waals surface area contributed by atoms with Gasteiger partial charge in [0, 0.05) is 44.4 Å². The quantitative estimate of drug-likeness (QED) is 0.691. The van der Waals surface area contributed by atoms with E-state index in [4.69, 9.17) is 4.98 Å². The molecule has 2 aromatic carbocycles. The van der Waals surface area contributed by atoms with Gasteiger partial charge in [0.1, 0.15) is 5.82 Å². The predicted octanol–water partition coefficient (Wildman–Crippen LogP) is 3.98. The molecule has 0 saturated carbocycles. The Morgan fingerprint density at radius 1 is 1.20 bits per heavy atom. The van der Waals surface area contributed by atoms with Crippen molar-refractivity contribution in [1.29, 1.82) is 0 Å². The Labute approximate surface area is 176 Å². The summed E-state index contributed by atoms with van der Waals surface area (Å²) in [6.07, 6.45) is 1.92. The first-order valence-electron chi connectivity index (χ1n) is 10.3. The van der Waals surface area contributed by atoms with Crippen molar-refractivity contribution < 1.29 is 9.59 Å². The lowest BCUT2D eigenvalue weighted by Crippen LogP contribution is -2.42. The van der Waals surface area contributed by atoms with Crippen molar-refractivity contribution in [2.75, 3.05) is 32.5 Å². The van der Waals surface area contributed by atoms with Gasteiger partial charge in [0.25, 0.3) is 5.91 Å². The van der Waals surface area contributed by atoms with Gasteiger partial charge in [0.05, 0.1) is 11.0 Å². The third-order valence-electron chi connectivity index (χ3n) is 5.64. The Bertz CT molecular complexity index is 1060. The van der Waals surface area contributed by atoms with Crippen LogP contribution in [0.25, 0.3) is 11.0 Å². The van der Waals surface area contributed by atoms with E-state index in [1.165, 1.54) is 4.90 Å². The second-order valence-electron chi connectivity index (χ2n) is 8.08. The van der Waals surface area contributed by atoms with E-state index in [-0.39, 0.29) is 17.9 Å². The minimum Gasteiger partial charge on any atom is -0.345 e. The van der Waals surface area contributed by atoms with Gasteiger partial charge in [-0.3, -0.25) is 4.79 Å². The molecule has 2 heterocycles. The highest BCUT2D eigenvalue weighted by molar-refractivity contribution is 5.97. The van der Waals surface area contributed by atoms with Crippen molar-refractivity contribution in [3.05, 3.63) is 59.4 Å². The molecule has 3 aromatic rings. The first-order chi connectivity index (χ1) is 14.4. The van der Waals surface area contributed by atoms with Crippen LogP contribution in [0.15, 0.2) is 42.5 Å². The minimum absolute atomic E-state index is 0.0894. The molecule has 4 rings (SSSR count). The fourth-order valence-electron chi connectivity index (χ4n) is 3.89. The standard InChI is InChI=1S/C23H27N5O2/c1-15-10-11-16(22(29)27(2)3)13-20(15)26-23(30)28-12-6-7-17(14-28)21-24-18-8-4-5-9-19(18)25-21/h4-5,8-11,13,17H,6-7,12,14H2,1-3H3,(H,24,25)(H,26,30). The van der Waals surface area contributed by atoms with Gasteiger partial charge in [-0.1, -0.05) is 18.2 Å². The number of hydrogen-bond acceptors (Lipinski definition) is 3. The fraction of sp³-hybridized carbons (Fsp3) is 0.348. The smallest absolute Gasteiger partial charge is 0.321 e. The molecule has 0 radical (unpaired) electrons. The van der Waals surface area contributed by atoms with Gasteiger partial charge in [-0.15, -0.1) is 0 Å². The Balaban J connectivity index is 1.48. The lowest BCUT2D eigenvalue weighted by Gasteiger charge is -2.32. The molecule has 7 nitrogen and oxygen atoms in total. The number of urea groups is 1. The first kappa shape index (κ1) is 19.9. The minimum atomic E-state index is -0.145. The normalized spacial score (nSPS) is 16.5. The summed E-state index contributed by atoms with van der Waals surface area (Å²) in [6, 6.07) is 13.2. The number of hydrogen-bond donors (Lipinski definition) is 2. The fourth-order valence-corrected chi connectivity index (χ4v) is 3.89. The molecule has 3 amide bonds. The van der Waals surface area contributed by atoms with Gasteiger partial charge in [0.2, 0.25) is 0 Å². The monoisotopic (exact) mass is 405 g/mol. The average molecular weight is 406 g/mol. The average Bonchev–Trinajstić information content (AvgIpc) is 3.19. The Morgan fingerprint density at radius 3 is 2.77 bits per heavy atom. The number of rotatable bonds is 3. The van der Waals surface area contributed by atoms with Crippen molar-refractivity contribution in [2.45, 2.75) is 25.7 Å². The maximum Gasteiger partial charge on any atom is 0.321 e. The molecule has 30 heavy (non-hydrogen) atoms. The van der Waals surface area contributed by atoms with E-state index in [0.29, 0.717) is 24.3 Å². The number of fused-ring (bicyclic) bond motifs is 1. The number of aromatic nitrogens is 2. The zero-order valence-electron chi connectivity index (χ0n) is 17.6. The van der Waals surface area contributed by atoms with Crippen LogP contribution in [-0.4, -0.2) is 58.9 Å². The van der Waals surface area contributed by atoms with Crippen molar-refractivity contribution in [2.24, 2.45) is 0 Å². The van der Waals surface area contributed by atoms with E-state index in [2.05, 4.69) is 10.3 Å². The second kappa shape index (κ2) is 8.18. The highest BCUT2D eigenvalue weighted by Crippen LogP contribution is 2.27. The zero-order valence-corrected chi connectivity index (χ0v) is 17.6. The van der Waals surface area contributed by atoms with Gasteiger partial charge in [-0.05, 0) is 49.6 Å². The molecule has 2 N–H and O–H groups in total. The van der Waals surface area contributed by atoms with Crippen LogP contribution in [0, 0.1) is 6.92 Å². The van der Waals surface area contributed by atoms with Crippen LogP contribution in [-0.2, 0) is 0 Å². The van der Waals surface area contributed by atoms with Crippen LogP contribution < -0.4 is 5.32 Å². The highest BCUT2D eigenvalue weighted by Gasteiger charge is 2.27. The third kappa shape index (κ3) is 4.01. The Hall–Kier alpha value is -3.35. The van der Waals surface area contributed by atoms with E-state index >= 15 is 0 Å². The maximum atomic E-state index is 13.0. The molecule has 1 atom stereocenters. The molecule has 0 bridgehead atoms. The van der Waals surface area contributed by atoms with E-state index in [1.54, 1.807) is 26.2 Å². The topological polar surface area (TPSA) is 81.3 Å². The third-order valence-corrected chi connectivity index (χ3v) is 5.64. The van der Waals surface area contributed by atoms with E-state index in [0.717, 1.165) is 35.3 Å². The Morgan fingerprint density at radius 2 is 2.00 bits per heavy atom. The summed E-state index contributed by atoms with van der Waals surface area (Å²) >= 11 is 0. The van der Waals surface area contributed by atoms with Crippen LogP contribution in [0.4, 0.5) is 10.5 Å². The summed E-state index contributed by atoms with van der Waals surface area (Å²) in [5.74, 6) is 1.02. The molecule has 7 heteroatoms. The van der Waals surface area contributed by atoms with Crippen LogP contribution in [0.2, 0.25) is 0 Å². The van der Waals surface area contributed by atoms with Crippen LogP contribution in [0.5, 0.6) is 0 Å². The summed E-state index contributed by atoms with van der Waals surface area (Å²) in [5, 5.41) is 3.00. The van der Waals surface area contributed by atoms with Gasteiger partial charge >= 0.3 is 6.03 Å². The number of carbonyl (C=O) groups excluding carboxylic acids is 2. The summed E-state index contributed by atoms with van der Waals surface area (Å²) in [4.78, 5) is 36.7. The number of nitrogens with zero attached hydrogens (tertiary/aromatic N) is 3. The van der Waals surface area contributed by atoms with Gasteiger partial charge in [0.15, 0.2) is 0 Å². The largest absolute Gasteiger partial charge is 0.345 e. The second-order valence-corrected chi connectivity index (χ2v) is 8.08. The summed E-state index contributed by atoms with van der Waals surface area (Å²) in [7, 11) is 3.43.